The third-order valence-electron chi connectivity index (χ3n) is 2.30. The molecule has 0 aliphatic rings. The Morgan fingerprint density at radius 3 is 2.71 bits per heavy atom. The number of nitrogen functional groups attached to an aromatic ring is 1. The van der Waals surface area contributed by atoms with E-state index in [4.69, 9.17) is 15.2 Å². The van der Waals surface area contributed by atoms with E-state index in [1.165, 1.54) is 18.2 Å². The SMILES string of the molecule is CC(C)CCOCCOc1cc(F)ccc1N. The zero-order valence-electron chi connectivity index (χ0n) is 10.4. The summed E-state index contributed by atoms with van der Waals surface area (Å²) in [7, 11) is 0. The van der Waals surface area contributed by atoms with Crippen LogP contribution in [0.4, 0.5) is 10.1 Å². The molecule has 17 heavy (non-hydrogen) atoms. The molecule has 0 aliphatic heterocycles. The van der Waals surface area contributed by atoms with Gasteiger partial charge in [-0.2, -0.15) is 0 Å². The fourth-order valence-electron chi connectivity index (χ4n) is 1.26. The average molecular weight is 241 g/mol. The summed E-state index contributed by atoms with van der Waals surface area (Å²) in [5.74, 6) is 0.655. The molecule has 4 heteroatoms. The van der Waals surface area contributed by atoms with Gasteiger partial charge in [0.05, 0.1) is 12.3 Å². The lowest BCUT2D eigenvalue weighted by Crippen LogP contribution is -2.09. The summed E-state index contributed by atoms with van der Waals surface area (Å²) >= 11 is 0. The molecule has 0 unspecified atom stereocenters. The maximum atomic E-state index is 12.9. The molecule has 0 aromatic heterocycles. The minimum absolute atomic E-state index is 0.352. The molecule has 2 N–H and O–H groups in total. The molecule has 96 valence electrons. The second kappa shape index (κ2) is 7.12. The van der Waals surface area contributed by atoms with Gasteiger partial charge in [0.15, 0.2) is 0 Å². The van der Waals surface area contributed by atoms with E-state index in [9.17, 15) is 4.39 Å². The normalized spacial score (nSPS) is 10.8. The summed E-state index contributed by atoms with van der Waals surface area (Å²) in [6.45, 7) is 5.88. The number of nitrogens with two attached hydrogens (primary N) is 1. The van der Waals surface area contributed by atoms with Crippen LogP contribution in [0, 0.1) is 11.7 Å². The number of hydrogen-bond donors (Lipinski definition) is 1. The van der Waals surface area contributed by atoms with Crippen LogP contribution in [0.5, 0.6) is 5.75 Å². The molecule has 0 amide bonds. The summed E-state index contributed by atoms with van der Waals surface area (Å²) < 4.78 is 23.6. The standard InChI is InChI=1S/C13H20FNO2/c1-10(2)5-6-16-7-8-17-13-9-11(14)3-4-12(13)15/h3-4,9-10H,5-8,15H2,1-2H3. The van der Waals surface area contributed by atoms with Crippen LogP contribution >= 0.6 is 0 Å². The van der Waals surface area contributed by atoms with E-state index in [2.05, 4.69) is 13.8 Å². The summed E-state index contributed by atoms with van der Waals surface area (Å²) in [5.41, 5.74) is 6.08. The average Bonchev–Trinajstić information content (AvgIpc) is 2.27. The summed E-state index contributed by atoms with van der Waals surface area (Å²) in [5, 5.41) is 0. The van der Waals surface area contributed by atoms with Crippen LogP contribution in [-0.2, 0) is 4.74 Å². The smallest absolute Gasteiger partial charge is 0.145 e. The highest BCUT2D eigenvalue weighted by atomic mass is 19.1. The first kappa shape index (κ1) is 13.8. The second-order valence-corrected chi connectivity index (χ2v) is 4.33. The van der Waals surface area contributed by atoms with Gasteiger partial charge in [-0.3, -0.25) is 0 Å². The Morgan fingerprint density at radius 2 is 2.00 bits per heavy atom. The van der Waals surface area contributed by atoms with Crippen molar-refractivity contribution in [1.82, 2.24) is 0 Å². The van der Waals surface area contributed by atoms with Gasteiger partial charge in [0.25, 0.3) is 0 Å². The van der Waals surface area contributed by atoms with Crippen molar-refractivity contribution < 1.29 is 13.9 Å². The van der Waals surface area contributed by atoms with E-state index >= 15 is 0 Å². The molecule has 0 fully saturated rings. The molecule has 0 heterocycles. The Kier molecular flexibility index (Phi) is 5.77. The molecule has 0 atom stereocenters. The molecule has 3 nitrogen and oxygen atoms in total. The number of anilines is 1. The third-order valence-corrected chi connectivity index (χ3v) is 2.30. The molecule has 1 aromatic carbocycles. The largest absolute Gasteiger partial charge is 0.489 e. The minimum Gasteiger partial charge on any atom is -0.489 e. The van der Waals surface area contributed by atoms with Crippen LogP contribution in [0.3, 0.4) is 0 Å². The van der Waals surface area contributed by atoms with E-state index in [1.54, 1.807) is 0 Å². The van der Waals surface area contributed by atoms with E-state index in [0.29, 0.717) is 30.6 Å². The predicted octanol–water partition coefficient (Wildman–Crippen LogP) is 2.85. The van der Waals surface area contributed by atoms with Crippen molar-refractivity contribution in [3.63, 3.8) is 0 Å². The van der Waals surface area contributed by atoms with E-state index < -0.39 is 0 Å². The van der Waals surface area contributed by atoms with Gasteiger partial charge in [-0.05, 0) is 24.5 Å². The van der Waals surface area contributed by atoms with E-state index in [0.717, 1.165) is 13.0 Å². The topological polar surface area (TPSA) is 44.5 Å². The highest BCUT2D eigenvalue weighted by molar-refractivity contribution is 5.52. The number of benzene rings is 1. The van der Waals surface area contributed by atoms with Crippen molar-refractivity contribution in [2.24, 2.45) is 5.92 Å². The van der Waals surface area contributed by atoms with Gasteiger partial charge in [-0.15, -0.1) is 0 Å². The summed E-state index contributed by atoms with van der Waals surface area (Å²) in [6.07, 6.45) is 1.03. The van der Waals surface area contributed by atoms with Crippen LogP contribution in [0.2, 0.25) is 0 Å². The quantitative estimate of drug-likeness (QED) is 0.589. The van der Waals surface area contributed by atoms with Gasteiger partial charge in [-0.25, -0.2) is 4.39 Å². The lowest BCUT2D eigenvalue weighted by Gasteiger charge is -2.10. The first-order chi connectivity index (χ1) is 8.09. The number of halogens is 1. The van der Waals surface area contributed by atoms with Gasteiger partial charge in [0, 0.05) is 12.7 Å². The van der Waals surface area contributed by atoms with Crippen molar-refractivity contribution in [2.75, 3.05) is 25.6 Å². The fraction of sp³-hybridized carbons (Fsp3) is 0.538. The van der Waals surface area contributed by atoms with Gasteiger partial charge < -0.3 is 15.2 Å². The first-order valence-electron chi connectivity index (χ1n) is 5.85. The van der Waals surface area contributed by atoms with Crippen molar-refractivity contribution in [3.8, 4) is 5.75 Å². The van der Waals surface area contributed by atoms with Crippen LogP contribution < -0.4 is 10.5 Å². The Morgan fingerprint density at radius 1 is 1.24 bits per heavy atom. The lowest BCUT2D eigenvalue weighted by molar-refractivity contribution is 0.0927. The Balaban J connectivity index is 2.20. The zero-order chi connectivity index (χ0) is 12.7. The molecule has 0 saturated carbocycles. The molecule has 0 radical (unpaired) electrons. The Bertz CT molecular complexity index is 342. The number of ether oxygens (including phenoxy) is 2. The molecular formula is C13H20FNO2. The predicted molar refractivity (Wildman–Crippen MR) is 66.6 cm³/mol. The summed E-state index contributed by atoms with van der Waals surface area (Å²) in [6, 6.07) is 4.08. The molecule has 0 bridgehead atoms. The van der Waals surface area contributed by atoms with E-state index in [-0.39, 0.29) is 5.82 Å². The number of rotatable bonds is 7. The van der Waals surface area contributed by atoms with Crippen molar-refractivity contribution in [3.05, 3.63) is 24.0 Å². The van der Waals surface area contributed by atoms with Crippen molar-refractivity contribution in [2.45, 2.75) is 20.3 Å². The highest BCUT2D eigenvalue weighted by Gasteiger charge is 2.02. The maximum Gasteiger partial charge on any atom is 0.145 e. The van der Waals surface area contributed by atoms with Gasteiger partial charge >= 0.3 is 0 Å². The van der Waals surface area contributed by atoms with Crippen LogP contribution in [-0.4, -0.2) is 19.8 Å². The van der Waals surface area contributed by atoms with Gasteiger partial charge in [0.2, 0.25) is 0 Å². The first-order valence-corrected chi connectivity index (χ1v) is 5.85. The minimum atomic E-state index is -0.352. The van der Waals surface area contributed by atoms with Crippen LogP contribution in [0.1, 0.15) is 20.3 Å². The Labute approximate surface area is 102 Å². The molecule has 0 aliphatic carbocycles. The molecular weight excluding hydrogens is 221 g/mol. The second-order valence-electron chi connectivity index (χ2n) is 4.33. The third kappa shape index (κ3) is 5.54. The molecule has 0 spiro atoms. The molecule has 1 rings (SSSR count). The van der Waals surface area contributed by atoms with Crippen LogP contribution in [0.25, 0.3) is 0 Å². The van der Waals surface area contributed by atoms with Crippen molar-refractivity contribution in [1.29, 1.82) is 0 Å². The monoisotopic (exact) mass is 241 g/mol. The lowest BCUT2D eigenvalue weighted by atomic mass is 10.1. The van der Waals surface area contributed by atoms with Crippen LogP contribution in [0.15, 0.2) is 18.2 Å². The molecule has 0 saturated heterocycles. The highest BCUT2D eigenvalue weighted by Crippen LogP contribution is 2.21. The van der Waals surface area contributed by atoms with Crippen molar-refractivity contribution >= 4 is 5.69 Å². The zero-order valence-corrected chi connectivity index (χ0v) is 10.4. The summed E-state index contributed by atoms with van der Waals surface area (Å²) in [4.78, 5) is 0. The molecule has 1 aromatic rings. The maximum absolute atomic E-state index is 12.9. The fourth-order valence-corrected chi connectivity index (χ4v) is 1.26. The Hall–Kier alpha value is -1.29. The van der Waals surface area contributed by atoms with Gasteiger partial charge in [0.1, 0.15) is 18.2 Å². The van der Waals surface area contributed by atoms with Gasteiger partial charge in [-0.1, -0.05) is 13.8 Å². The van der Waals surface area contributed by atoms with E-state index in [1.807, 2.05) is 0 Å². The number of hydrogen-bond acceptors (Lipinski definition) is 3.